The van der Waals surface area contributed by atoms with Crippen molar-refractivity contribution >= 4 is 33.4 Å². The van der Waals surface area contributed by atoms with Crippen molar-refractivity contribution in [1.29, 1.82) is 10.5 Å². The molecule has 0 aliphatic heterocycles. The van der Waals surface area contributed by atoms with Crippen LogP contribution in [0.25, 0.3) is 17.3 Å². The third-order valence-electron chi connectivity index (χ3n) is 3.61. The van der Waals surface area contributed by atoms with E-state index in [0.29, 0.717) is 0 Å². The van der Waals surface area contributed by atoms with Gasteiger partial charge in [-0.2, -0.15) is 15.6 Å². The maximum atomic E-state index is 9.59. The summed E-state index contributed by atoms with van der Waals surface area (Å²) in [6.45, 7) is 0. The minimum Gasteiger partial charge on any atom is -0.382 e. The Morgan fingerprint density at radius 1 is 1.08 bits per heavy atom. The second-order valence-corrected chi connectivity index (χ2v) is 6.01. The molecule has 0 aliphatic rings. The normalized spacial score (nSPS) is 10.9. The third kappa shape index (κ3) is 3.16. The third-order valence-corrected chi connectivity index (χ3v) is 4.34. The van der Waals surface area contributed by atoms with Crippen LogP contribution in [0.1, 0.15) is 16.8 Å². The summed E-state index contributed by atoms with van der Waals surface area (Å²) in [6.07, 6.45) is 1.68. The van der Waals surface area contributed by atoms with Gasteiger partial charge in [-0.15, -0.1) is 0 Å². The Balaban J connectivity index is 2.18. The van der Waals surface area contributed by atoms with E-state index in [9.17, 15) is 10.5 Å². The van der Waals surface area contributed by atoms with Gasteiger partial charge in [0.15, 0.2) is 0 Å². The summed E-state index contributed by atoms with van der Waals surface area (Å²) >= 11 is 3.45. The smallest absolute Gasteiger partial charge is 0.145 e. The molecule has 0 saturated heterocycles. The molecule has 0 bridgehead atoms. The molecule has 0 radical (unpaired) electrons. The minimum atomic E-state index is 0.184. The van der Waals surface area contributed by atoms with Gasteiger partial charge in [0.1, 0.15) is 29.2 Å². The van der Waals surface area contributed by atoms with Gasteiger partial charge in [0.2, 0.25) is 0 Å². The zero-order valence-corrected chi connectivity index (χ0v) is 14.6. The molecule has 0 spiro atoms. The van der Waals surface area contributed by atoms with Crippen LogP contribution in [0.5, 0.6) is 0 Å². The van der Waals surface area contributed by atoms with E-state index in [1.165, 1.54) is 4.68 Å². The van der Waals surface area contributed by atoms with Gasteiger partial charge in [-0.25, -0.2) is 4.68 Å². The van der Waals surface area contributed by atoms with E-state index in [0.717, 1.165) is 15.7 Å². The highest BCUT2D eigenvalue weighted by atomic mass is 79.9. The number of rotatable bonds is 3. The number of anilines is 1. The van der Waals surface area contributed by atoms with E-state index >= 15 is 0 Å². The number of para-hydroxylation sites is 1. The summed E-state index contributed by atoms with van der Waals surface area (Å²) in [6, 6.07) is 20.9. The Morgan fingerprint density at radius 3 is 2.40 bits per heavy atom. The number of nitriles is 2. The SMILES string of the molecule is N#C/C(=C\c1ccccc1Br)c1nn(-c2ccccc2)c(N)c1C#N. The number of nitrogens with two attached hydrogens (primary N) is 1. The lowest BCUT2D eigenvalue weighted by molar-refractivity contribution is 0.885. The van der Waals surface area contributed by atoms with E-state index < -0.39 is 0 Å². The van der Waals surface area contributed by atoms with Crippen LogP contribution in [0.3, 0.4) is 0 Å². The maximum Gasteiger partial charge on any atom is 0.145 e. The molecule has 0 aliphatic carbocycles. The van der Waals surface area contributed by atoms with Crippen molar-refractivity contribution < 1.29 is 0 Å². The topological polar surface area (TPSA) is 91.4 Å². The van der Waals surface area contributed by atoms with Gasteiger partial charge >= 0.3 is 0 Å². The number of hydrogen-bond acceptors (Lipinski definition) is 4. The van der Waals surface area contributed by atoms with Crippen molar-refractivity contribution in [3.8, 4) is 17.8 Å². The van der Waals surface area contributed by atoms with Crippen LogP contribution in [0.4, 0.5) is 5.82 Å². The first-order chi connectivity index (χ1) is 12.2. The maximum absolute atomic E-state index is 9.59. The number of benzene rings is 2. The minimum absolute atomic E-state index is 0.184. The van der Waals surface area contributed by atoms with Crippen LogP contribution in [-0.2, 0) is 0 Å². The number of halogens is 1. The van der Waals surface area contributed by atoms with Crippen LogP contribution in [0, 0.1) is 22.7 Å². The molecule has 0 unspecified atom stereocenters. The van der Waals surface area contributed by atoms with Crippen molar-refractivity contribution in [2.45, 2.75) is 0 Å². The average Bonchev–Trinajstić information content (AvgIpc) is 2.98. The fourth-order valence-electron chi connectivity index (χ4n) is 2.40. The Morgan fingerprint density at radius 2 is 1.76 bits per heavy atom. The van der Waals surface area contributed by atoms with Gasteiger partial charge in [-0.3, -0.25) is 0 Å². The Kier molecular flexibility index (Phi) is 4.65. The fraction of sp³-hybridized carbons (Fsp3) is 0. The molecule has 6 heteroatoms. The second kappa shape index (κ2) is 7.04. The molecule has 0 saturated carbocycles. The van der Waals surface area contributed by atoms with Gasteiger partial charge in [0.05, 0.1) is 11.3 Å². The fourth-order valence-corrected chi connectivity index (χ4v) is 2.80. The second-order valence-electron chi connectivity index (χ2n) is 5.16. The number of nitrogens with zero attached hydrogens (tertiary/aromatic N) is 4. The highest BCUT2D eigenvalue weighted by Crippen LogP contribution is 2.28. The largest absolute Gasteiger partial charge is 0.382 e. The molecule has 2 N–H and O–H groups in total. The lowest BCUT2D eigenvalue weighted by atomic mass is 10.1. The highest BCUT2D eigenvalue weighted by Gasteiger charge is 2.20. The lowest BCUT2D eigenvalue weighted by Gasteiger charge is -2.02. The molecule has 2 aromatic carbocycles. The summed E-state index contributed by atoms with van der Waals surface area (Å²) in [5, 5.41) is 23.5. The van der Waals surface area contributed by atoms with Crippen molar-refractivity contribution in [3.05, 3.63) is 75.9 Å². The monoisotopic (exact) mass is 389 g/mol. The van der Waals surface area contributed by atoms with Crippen molar-refractivity contribution in [3.63, 3.8) is 0 Å². The van der Waals surface area contributed by atoms with E-state index in [1.807, 2.05) is 54.6 Å². The van der Waals surface area contributed by atoms with E-state index in [-0.39, 0.29) is 22.6 Å². The molecule has 25 heavy (non-hydrogen) atoms. The Bertz CT molecular complexity index is 1040. The van der Waals surface area contributed by atoms with Crippen LogP contribution in [0.15, 0.2) is 59.1 Å². The molecule has 0 fully saturated rings. The quantitative estimate of drug-likeness (QED) is 0.680. The molecular formula is C19H12BrN5. The van der Waals surface area contributed by atoms with Crippen LogP contribution in [-0.4, -0.2) is 9.78 Å². The van der Waals surface area contributed by atoms with Gasteiger partial charge in [-0.1, -0.05) is 52.3 Å². The van der Waals surface area contributed by atoms with E-state index in [2.05, 4.69) is 33.2 Å². The molecular weight excluding hydrogens is 378 g/mol. The van der Waals surface area contributed by atoms with Crippen LogP contribution in [0.2, 0.25) is 0 Å². The van der Waals surface area contributed by atoms with E-state index in [1.54, 1.807) is 6.08 Å². The standard InChI is InChI=1S/C19H12BrN5/c20-17-9-5-4-6-13(17)10-14(11-21)18-16(12-22)19(23)25(24-18)15-7-2-1-3-8-15/h1-10H,23H2/b14-10+. The molecule has 0 atom stereocenters. The van der Waals surface area contributed by atoms with Gasteiger partial charge in [0.25, 0.3) is 0 Å². The lowest BCUT2D eigenvalue weighted by Crippen LogP contribution is -2.02. The highest BCUT2D eigenvalue weighted by molar-refractivity contribution is 9.10. The number of nitrogen functional groups attached to an aromatic ring is 1. The molecule has 1 aromatic heterocycles. The zero-order chi connectivity index (χ0) is 17.8. The molecule has 0 amide bonds. The first-order valence-electron chi connectivity index (χ1n) is 7.36. The van der Waals surface area contributed by atoms with Gasteiger partial charge in [-0.05, 0) is 29.8 Å². The molecule has 5 nitrogen and oxygen atoms in total. The molecule has 120 valence electrons. The predicted octanol–water partition coefficient (Wildman–Crippen LogP) is 4.15. The van der Waals surface area contributed by atoms with E-state index in [4.69, 9.17) is 5.73 Å². The zero-order valence-electron chi connectivity index (χ0n) is 13.0. The Labute approximate surface area is 153 Å². The average molecular weight is 390 g/mol. The molecule has 3 rings (SSSR count). The summed E-state index contributed by atoms with van der Waals surface area (Å²) in [5.74, 6) is 0.206. The van der Waals surface area contributed by atoms with Crippen LogP contribution >= 0.6 is 15.9 Å². The predicted molar refractivity (Wildman–Crippen MR) is 100 cm³/mol. The number of hydrogen-bond donors (Lipinski definition) is 1. The van der Waals surface area contributed by atoms with Crippen molar-refractivity contribution in [2.75, 3.05) is 5.73 Å². The summed E-state index contributed by atoms with van der Waals surface area (Å²) < 4.78 is 2.32. The molecule has 3 aromatic rings. The van der Waals surface area contributed by atoms with Gasteiger partial charge < -0.3 is 5.73 Å². The van der Waals surface area contributed by atoms with Crippen molar-refractivity contribution in [1.82, 2.24) is 9.78 Å². The number of allylic oxidation sites excluding steroid dienone is 1. The van der Waals surface area contributed by atoms with Crippen LogP contribution < -0.4 is 5.73 Å². The summed E-state index contributed by atoms with van der Waals surface area (Å²) in [7, 11) is 0. The molecule has 1 heterocycles. The first kappa shape index (κ1) is 16.5. The summed E-state index contributed by atoms with van der Waals surface area (Å²) in [5.41, 5.74) is 8.35. The first-order valence-corrected chi connectivity index (χ1v) is 8.15. The summed E-state index contributed by atoms with van der Waals surface area (Å²) in [4.78, 5) is 0. The number of aromatic nitrogens is 2. The van der Waals surface area contributed by atoms with Gasteiger partial charge in [0, 0.05) is 4.47 Å². The Hall–Kier alpha value is -3.35. The van der Waals surface area contributed by atoms with Crippen molar-refractivity contribution in [2.24, 2.45) is 0 Å².